The lowest BCUT2D eigenvalue weighted by Crippen LogP contribution is -2.45. The van der Waals surface area contributed by atoms with Crippen LogP contribution in [0.1, 0.15) is 43.8 Å². The Labute approximate surface area is 137 Å². The molecule has 0 radical (unpaired) electrons. The van der Waals surface area contributed by atoms with Crippen molar-refractivity contribution in [3.63, 3.8) is 0 Å². The second-order valence-corrected chi connectivity index (χ2v) is 9.08. The van der Waals surface area contributed by atoms with Crippen LogP contribution < -0.4 is 5.32 Å². The molecule has 0 aromatic carbocycles. The average molecular weight is 343 g/mol. The monoisotopic (exact) mass is 343 g/mol. The average Bonchev–Trinajstić information content (AvgIpc) is 3.00. The molecule has 23 heavy (non-hydrogen) atoms. The third kappa shape index (κ3) is 3.59. The van der Waals surface area contributed by atoms with Crippen LogP contribution in [0.5, 0.6) is 0 Å². The summed E-state index contributed by atoms with van der Waals surface area (Å²) in [7, 11) is -1.39. The maximum atomic E-state index is 12.1. The lowest BCUT2D eigenvalue weighted by Gasteiger charge is -2.33. The fourth-order valence-electron chi connectivity index (χ4n) is 3.66. The van der Waals surface area contributed by atoms with E-state index in [1.54, 1.807) is 7.11 Å². The van der Waals surface area contributed by atoms with Crippen molar-refractivity contribution in [1.82, 2.24) is 15.5 Å². The Morgan fingerprint density at radius 1 is 1.35 bits per heavy atom. The van der Waals surface area contributed by atoms with Crippen molar-refractivity contribution in [2.45, 2.75) is 49.2 Å². The van der Waals surface area contributed by atoms with Gasteiger partial charge in [-0.25, -0.2) is 8.42 Å². The molecule has 2 fully saturated rings. The fourth-order valence-corrected chi connectivity index (χ4v) is 5.19. The van der Waals surface area contributed by atoms with E-state index in [2.05, 4.69) is 15.5 Å². The topological polar surface area (TPSA) is 94.3 Å². The first-order valence-corrected chi connectivity index (χ1v) is 10.0. The van der Waals surface area contributed by atoms with E-state index in [4.69, 9.17) is 9.26 Å². The standard InChI is InChI=1S/C15H25N3O4S/c1-21-11-15(5-3-2-4-6-15)14-17-13(22-18-14)9-12-10-16-7-8-23(12,19)20/h12,16H,2-11H2,1H3. The van der Waals surface area contributed by atoms with Crippen molar-refractivity contribution in [1.29, 1.82) is 0 Å². The molecule has 0 spiro atoms. The van der Waals surface area contributed by atoms with Crippen molar-refractivity contribution in [3.05, 3.63) is 11.7 Å². The molecule has 7 nitrogen and oxygen atoms in total. The quantitative estimate of drug-likeness (QED) is 0.847. The largest absolute Gasteiger partial charge is 0.384 e. The van der Waals surface area contributed by atoms with Gasteiger partial charge >= 0.3 is 0 Å². The van der Waals surface area contributed by atoms with Crippen LogP contribution in [0.2, 0.25) is 0 Å². The minimum atomic E-state index is -3.08. The van der Waals surface area contributed by atoms with Gasteiger partial charge in [0, 0.05) is 26.6 Å². The summed E-state index contributed by atoms with van der Waals surface area (Å²) in [5.41, 5.74) is -0.182. The number of sulfone groups is 1. The predicted octanol–water partition coefficient (Wildman–Crippen LogP) is 0.847. The number of hydrogen-bond acceptors (Lipinski definition) is 7. The van der Waals surface area contributed by atoms with E-state index in [1.165, 1.54) is 6.42 Å². The van der Waals surface area contributed by atoms with Gasteiger partial charge in [-0.2, -0.15) is 4.98 Å². The van der Waals surface area contributed by atoms with E-state index in [9.17, 15) is 8.42 Å². The number of nitrogens with zero attached hydrogens (tertiary/aromatic N) is 2. The Morgan fingerprint density at radius 2 is 2.13 bits per heavy atom. The van der Waals surface area contributed by atoms with Crippen LogP contribution in [0.15, 0.2) is 4.52 Å². The first-order valence-electron chi connectivity index (χ1n) is 8.30. The van der Waals surface area contributed by atoms with Crippen LogP contribution in [-0.4, -0.2) is 56.4 Å². The Kier molecular flexibility index (Phi) is 5.03. The Hall–Kier alpha value is -0.990. The normalized spacial score (nSPS) is 26.9. The maximum absolute atomic E-state index is 12.1. The molecule has 1 aromatic rings. The second kappa shape index (κ2) is 6.86. The van der Waals surface area contributed by atoms with Crippen molar-refractivity contribution < 1.29 is 17.7 Å². The van der Waals surface area contributed by atoms with Gasteiger partial charge in [0.15, 0.2) is 15.7 Å². The van der Waals surface area contributed by atoms with E-state index in [0.29, 0.717) is 31.4 Å². The van der Waals surface area contributed by atoms with Crippen LogP contribution in [0.3, 0.4) is 0 Å². The Morgan fingerprint density at radius 3 is 2.83 bits per heavy atom. The molecule has 1 aliphatic heterocycles. The molecule has 1 saturated heterocycles. The highest BCUT2D eigenvalue weighted by atomic mass is 32.2. The molecule has 130 valence electrons. The van der Waals surface area contributed by atoms with Crippen LogP contribution in [0.25, 0.3) is 0 Å². The fraction of sp³-hybridized carbons (Fsp3) is 0.867. The van der Waals surface area contributed by atoms with E-state index >= 15 is 0 Å². The van der Waals surface area contributed by atoms with Gasteiger partial charge in [0.05, 0.1) is 23.0 Å². The zero-order valence-electron chi connectivity index (χ0n) is 13.6. The summed E-state index contributed by atoms with van der Waals surface area (Å²) in [6.45, 7) is 1.55. The molecule has 3 rings (SSSR count). The van der Waals surface area contributed by atoms with Crippen LogP contribution in [0.4, 0.5) is 0 Å². The molecule has 1 saturated carbocycles. The first-order chi connectivity index (χ1) is 11.1. The summed E-state index contributed by atoms with van der Waals surface area (Å²) in [5.74, 6) is 1.26. The first kappa shape index (κ1) is 16.9. The summed E-state index contributed by atoms with van der Waals surface area (Å²) in [6, 6.07) is 0. The van der Waals surface area contributed by atoms with Gasteiger partial charge in [-0.1, -0.05) is 24.4 Å². The van der Waals surface area contributed by atoms with E-state index in [0.717, 1.165) is 25.7 Å². The van der Waals surface area contributed by atoms with Gasteiger partial charge in [-0.15, -0.1) is 0 Å². The molecule has 2 heterocycles. The summed E-state index contributed by atoms with van der Waals surface area (Å²) >= 11 is 0. The van der Waals surface area contributed by atoms with E-state index in [1.807, 2.05) is 0 Å². The van der Waals surface area contributed by atoms with Gasteiger partial charge in [-0.05, 0) is 12.8 Å². The molecule has 1 unspecified atom stereocenters. The number of aromatic nitrogens is 2. The molecule has 2 aliphatic rings. The highest BCUT2D eigenvalue weighted by Gasteiger charge is 2.39. The third-order valence-corrected chi connectivity index (χ3v) is 7.14. The van der Waals surface area contributed by atoms with Crippen molar-refractivity contribution in [2.24, 2.45) is 0 Å². The molecular weight excluding hydrogens is 318 g/mol. The smallest absolute Gasteiger partial charge is 0.228 e. The summed E-state index contributed by atoms with van der Waals surface area (Å²) < 4.78 is 35.0. The number of rotatable bonds is 5. The van der Waals surface area contributed by atoms with E-state index in [-0.39, 0.29) is 17.6 Å². The van der Waals surface area contributed by atoms with Crippen molar-refractivity contribution >= 4 is 9.84 Å². The van der Waals surface area contributed by atoms with Crippen LogP contribution >= 0.6 is 0 Å². The Balaban J connectivity index is 1.76. The van der Waals surface area contributed by atoms with Gasteiger partial charge < -0.3 is 14.6 Å². The van der Waals surface area contributed by atoms with Crippen molar-refractivity contribution in [2.75, 3.05) is 32.6 Å². The van der Waals surface area contributed by atoms with Gasteiger partial charge in [-0.3, -0.25) is 0 Å². The van der Waals surface area contributed by atoms with E-state index < -0.39 is 15.1 Å². The second-order valence-electron chi connectivity index (χ2n) is 6.68. The highest BCUT2D eigenvalue weighted by molar-refractivity contribution is 7.92. The SMILES string of the molecule is COCC1(c2noc(CC3CNCCS3(=O)=O)n2)CCCCC1. The molecule has 1 aromatic heterocycles. The van der Waals surface area contributed by atoms with Crippen LogP contribution in [-0.2, 0) is 26.4 Å². The molecule has 0 bridgehead atoms. The lowest BCUT2D eigenvalue weighted by molar-refractivity contribution is 0.0961. The lowest BCUT2D eigenvalue weighted by atomic mass is 9.74. The molecule has 8 heteroatoms. The molecular formula is C15H25N3O4S. The summed E-state index contributed by atoms with van der Waals surface area (Å²) in [5, 5.41) is 6.80. The molecule has 0 amide bonds. The van der Waals surface area contributed by atoms with Gasteiger partial charge in [0.25, 0.3) is 0 Å². The molecule has 1 N–H and O–H groups in total. The summed E-state index contributed by atoms with van der Waals surface area (Å²) in [6.07, 6.45) is 5.75. The predicted molar refractivity (Wildman–Crippen MR) is 85.1 cm³/mol. The highest BCUT2D eigenvalue weighted by Crippen LogP contribution is 2.38. The molecule has 1 aliphatic carbocycles. The van der Waals surface area contributed by atoms with Crippen molar-refractivity contribution in [3.8, 4) is 0 Å². The summed E-state index contributed by atoms with van der Waals surface area (Å²) in [4.78, 5) is 4.53. The zero-order valence-corrected chi connectivity index (χ0v) is 14.4. The minimum Gasteiger partial charge on any atom is -0.384 e. The number of nitrogens with one attached hydrogen (secondary N) is 1. The van der Waals surface area contributed by atoms with Gasteiger partial charge in [0.1, 0.15) is 0 Å². The number of hydrogen-bond donors (Lipinski definition) is 1. The zero-order chi connectivity index (χ0) is 16.3. The number of methoxy groups -OCH3 is 1. The third-order valence-electron chi connectivity index (χ3n) is 5.02. The Bertz CT molecular complexity index is 617. The number of ether oxygens (including phenoxy) is 1. The maximum Gasteiger partial charge on any atom is 0.228 e. The minimum absolute atomic E-state index is 0.173. The molecule has 1 atom stereocenters. The van der Waals surface area contributed by atoms with Gasteiger partial charge in [0.2, 0.25) is 5.89 Å². The van der Waals surface area contributed by atoms with Crippen LogP contribution in [0, 0.1) is 0 Å².